The maximum atomic E-state index is 11.8. The molecule has 17 heavy (non-hydrogen) atoms. The number of nitrogens with two attached hydrogens (primary N) is 1. The van der Waals surface area contributed by atoms with Crippen molar-refractivity contribution in [3.8, 4) is 0 Å². The summed E-state index contributed by atoms with van der Waals surface area (Å²) in [5.41, 5.74) is 5.90. The fourth-order valence-electron chi connectivity index (χ4n) is 2.62. The first-order valence-corrected chi connectivity index (χ1v) is 7.07. The van der Waals surface area contributed by atoms with Gasteiger partial charge in [0.15, 0.2) is 0 Å². The van der Waals surface area contributed by atoms with Gasteiger partial charge in [-0.15, -0.1) is 0 Å². The predicted octanol–water partition coefficient (Wildman–Crippen LogP) is 2.30. The van der Waals surface area contributed by atoms with Gasteiger partial charge in [0.1, 0.15) is 0 Å². The van der Waals surface area contributed by atoms with E-state index in [1.807, 2.05) is 6.92 Å². The minimum atomic E-state index is -0.346. The first-order valence-electron chi connectivity index (χ1n) is 7.07. The van der Waals surface area contributed by atoms with Crippen molar-refractivity contribution in [3.05, 3.63) is 0 Å². The van der Waals surface area contributed by atoms with Crippen molar-refractivity contribution in [2.24, 2.45) is 23.5 Å². The van der Waals surface area contributed by atoms with E-state index in [2.05, 4.69) is 19.2 Å². The second kappa shape index (κ2) is 7.00. The molecule has 100 valence electrons. The van der Waals surface area contributed by atoms with Crippen LogP contribution >= 0.6 is 0 Å². The van der Waals surface area contributed by atoms with Crippen molar-refractivity contribution >= 4 is 5.91 Å². The van der Waals surface area contributed by atoms with Crippen LogP contribution in [0, 0.1) is 17.8 Å². The Bertz CT molecular complexity index is 242. The molecule has 3 N–H and O–H groups in total. The van der Waals surface area contributed by atoms with Crippen molar-refractivity contribution in [3.63, 3.8) is 0 Å². The Morgan fingerprint density at radius 3 is 2.76 bits per heavy atom. The summed E-state index contributed by atoms with van der Waals surface area (Å²) in [5, 5.41) is 3.02. The van der Waals surface area contributed by atoms with Crippen LogP contribution < -0.4 is 11.1 Å². The summed E-state index contributed by atoms with van der Waals surface area (Å²) < 4.78 is 0. The Hall–Kier alpha value is -0.570. The SMILES string of the molecule is CCC(C)[C@H](N)C(=O)NCC1CCCC(C)C1. The van der Waals surface area contributed by atoms with Gasteiger partial charge >= 0.3 is 0 Å². The Morgan fingerprint density at radius 1 is 1.47 bits per heavy atom. The fraction of sp³-hybridized carbons (Fsp3) is 0.929. The molecule has 1 amide bonds. The van der Waals surface area contributed by atoms with Gasteiger partial charge in [0, 0.05) is 6.54 Å². The third kappa shape index (κ3) is 4.66. The van der Waals surface area contributed by atoms with Crippen molar-refractivity contribution in [2.45, 2.75) is 58.9 Å². The smallest absolute Gasteiger partial charge is 0.237 e. The number of hydrogen-bond donors (Lipinski definition) is 2. The quantitative estimate of drug-likeness (QED) is 0.774. The molecule has 3 heteroatoms. The third-order valence-electron chi connectivity index (χ3n) is 4.17. The van der Waals surface area contributed by atoms with Crippen LogP contribution in [0.5, 0.6) is 0 Å². The van der Waals surface area contributed by atoms with Crippen LogP contribution in [0.25, 0.3) is 0 Å². The molecular weight excluding hydrogens is 212 g/mol. The van der Waals surface area contributed by atoms with Crippen molar-refractivity contribution in [1.29, 1.82) is 0 Å². The van der Waals surface area contributed by atoms with Gasteiger partial charge in [0.2, 0.25) is 5.91 Å². The second-order valence-electron chi connectivity index (χ2n) is 5.79. The van der Waals surface area contributed by atoms with Crippen LogP contribution in [0.2, 0.25) is 0 Å². The van der Waals surface area contributed by atoms with Crippen molar-refractivity contribution in [2.75, 3.05) is 6.54 Å². The van der Waals surface area contributed by atoms with Gasteiger partial charge in [-0.3, -0.25) is 4.79 Å². The van der Waals surface area contributed by atoms with E-state index in [9.17, 15) is 4.79 Å². The molecule has 0 radical (unpaired) electrons. The summed E-state index contributed by atoms with van der Waals surface area (Å²) in [5.74, 6) is 1.76. The molecule has 0 aromatic rings. The highest BCUT2D eigenvalue weighted by Gasteiger charge is 2.22. The summed E-state index contributed by atoms with van der Waals surface area (Å²) in [6, 6.07) is -0.346. The largest absolute Gasteiger partial charge is 0.354 e. The highest BCUT2D eigenvalue weighted by molar-refractivity contribution is 5.81. The first kappa shape index (κ1) is 14.5. The average molecular weight is 240 g/mol. The molecule has 1 fully saturated rings. The zero-order valence-corrected chi connectivity index (χ0v) is 11.5. The van der Waals surface area contributed by atoms with Crippen LogP contribution in [0.3, 0.4) is 0 Å². The number of hydrogen-bond acceptors (Lipinski definition) is 2. The maximum Gasteiger partial charge on any atom is 0.237 e. The Morgan fingerprint density at radius 2 is 2.18 bits per heavy atom. The third-order valence-corrected chi connectivity index (χ3v) is 4.17. The lowest BCUT2D eigenvalue weighted by molar-refractivity contribution is -0.123. The van der Waals surface area contributed by atoms with Crippen LogP contribution in [-0.2, 0) is 4.79 Å². The maximum absolute atomic E-state index is 11.8. The van der Waals surface area contributed by atoms with Gasteiger partial charge < -0.3 is 11.1 Å². The highest BCUT2D eigenvalue weighted by atomic mass is 16.2. The van der Waals surface area contributed by atoms with Gasteiger partial charge in [-0.25, -0.2) is 0 Å². The topological polar surface area (TPSA) is 55.1 Å². The van der Waals surface area contributed by atoms with Crippen LogP contribution in [0.15, 0.2) is 0 Å². The lowest BCUT2D eigenvalue weighted by atomic mass is 9.82. The van der Waals surface area contributed by atoms with Gasteiger partial charge in [-0.05, 0) is 30.6 Å². The van der Waals surface area contributed by atoms with Crippen LogP contribution in [0.1, 0.15) is 52.9 Å². The average Bonchev–Trinajstić information content (AvgIpc) is 2.34. The number of amides is 1. The molecule has 1 saturated carbocycles. The molecule has 1 aliphatic rings. The van der Waals surface area contributed by atoms with E-state index in [0.717, 1.165) is 18.9 Å². The lowest BCUT2D eigenvalue weighted by Gasteiger charge is -2.27. The highest BCUT2D eigenvalue weighted by Crippen LogP contribution is 2.27. The molecule has 4 atom stereocenters. The standard InChI is InChI=1S/C14H28N2O/c1-4-11(3)13(15)14(17)16-9-12-7-5-6-10(2)8-12/h10-13H,4-9,15H2,1-3H3,(H,16,17)/t10?,11?,12?,13-/m0/s1. The molecule has 0 bridgehead atoms. The predicted molar refractivity (Wildman–Crippen MR) is 71.6 cm³/mol. The van der Waals surface area contributed by atoms with E-state index >= 15 is 0 Å². The molecule has 1 aliphatic carbocycles. The summed E-state index contributed by atoms with van der Waals surface area (Å²) in [7, 11) is 0. The Kier molecular flexibility index (Phi) is 5.96. The zero-order valence-electron chi connectivity index (χ0n) is 11.5. The van der Waals surface area contributed by atoms with Gasteiger partial charge in [0.05, 0.1) is 6.04 Å². The molecular formula is C14H28N2O. The van der Waals surface area contributed by atoms with Gasteiger partial charge in [0.25, 0.3) is 0 Å². The van der Waals surface area contributed by atoms with Crippen LogP contribution in [0.4, 0.5) is 0 Å². The summed E-state index contributed by atoms with van der Waals surface area (Å²) in [6.07, 6.45) is 6.10. The van der Waals surface area contributed by atoms with Crippen LogP contribution in [-0.4, -0.2) is 18.5 Å². The molecule has 0 aliphatic heterocycles. The van der Waals surface area contributed by atoms with Gasteiger partial charge in [-0.2, -0.15) is 0 Å². The summed E-state index contributed by atoms with van der Waals surface area (Å²) >= 11 is 0. The molecule has 0 heterocycles. The van der Waals surface area contributed by atoms with E-state index in [-0.39, 0.29) is 17.9 Å². The zero-order chi connectivity index (χ0) is 12.8. The minimum Gasteiger partial charge on any atom is -0.354 e. The number of carbonyl (C=O) groups excluding carboxylic acids is 1. The van der Waals surface area contributed by atoms with E-state index in [0.29, 0.717) is 5.92 Å². The fourth-order valence-corrected chi connectivity index (χ4v) is 2.62. The monoisotopic (exact) mass is 240 g/mol. The Labute approximate surface area is 106 Å². The summed E-state index contributed by atoms with van der Waals surface area (Å²) in [6.45, 7) is 7.22. The van der Waals surface area contributed by atoms with E-state index < -0.39 is 0 Å². The lowest BCUT2D eigenvalue weighted by Crippen LogP contribution is -2.46. The van der Waals surface area contributed by atoms with Crippen molar-refractivity contribution < 1.29 is 4.79 Å². The number of nitrogens with one attached hydrogen (secondary N) is 1. The van der Waals surface area contributed by atoms with Gasteiger partial charge in [-0.1, -0.05) is 40.0 Å². The molecule has 0 aromatic carbocycles. The second-order valence-corrected chi connectivity index (χ2v) is 5.79. The number of carbonyl (C=O) groups is 1. The molecule has 1 rings (SSSR count). The molecule has 0 saturated heterocycles. The molecule has 3 unspecified atom stereocenters. The first-order chi connectivity index (χ1) is 8.04. The van der Waals surface area contributed by atoms with E-state index in [1.165, 1.54) is 25.7 Å². The molecule has 0 aromatic heterocycles. The van der Waals surface area contributed by atoms with E-state index in [4.69, 9.17) is 5.73 Å². The van der Waals surface area contributed by atoms with E-state index in [1.54, 1.807) is 0 Å². The minimum absolute atomic E-state index is 0.0255. The normalized spacial score (nSPS) is 28.5. The van der Waals surface area contributed by atoms with Crippen molar-refractivity contribution in [1.82, 2.24) is 5.32 Å². The molecule has 3 nitrogen and oxygen atoms in total. The number of rotatable bonds is 5. The summed E-state index contributed by atoms with van der Waals surface area (Å²) in [4.78, 5) is 11.8. The molecule has 0 spiro atoms. The Balaban J connectivity index is 2.27.